The van der Waals surface area contributed by atoms with Gasteiger partial charge in [0.25, 0.3) is 0 Å². The predicted molar refractivity (Wildman–Crippen MR) is 188 cm³/mol. The molecule has 1 fully saturated rings. The van der Waals surface area contributed by atoms with E-state index < -0.39 is 0 Å². The third-order valence-electron chi connectivity index (χ3n) is 9.54. The first-order valence-corrected chi connectivity index (χ1v) is 16.6. The molecule has 1 aliphatic heterocycles. The van der Waals surface area contributed by atoms with Gasteiger partial charge in [0.15, 0.2) is 0 Å². The quantitative estimate of drug-likeness (QED) is 0.155. The van der Waals surface area contributed by atoms with Crippen LogP contribution in [0.3, 0.4) is 0 Å². The number of hydrogen-bond acceptors (Lipinski definition) is 7. The zero-order chi connectivity index (χ0) is 32.2. The fraction of sp³-hybridized carbons (Fsp3) is 0.432. The third-order valence-corrected chi connectivity index (χ3v) is 9.54. The van der Waals surface area contributed by atoms with Gasteiger partial charge in [-0.2, -0.15) is 0 Å². The number of amides is 1. The summed E-state index contributed by atoms with van der Waals surface area (Å²) >= 11 is 0. The summed E-state index contributed by atoms with van der Waals surface area (Å²) in [5.41, 5.74) is 8.23. The molecule has 9 nitrogen and oxygen atoms in total. The molecule has 2 aromatic heterocycles. The smallest absolute Gasteiger partial charge is 0.247 e. The van der Waals surface area contributed by atoms with Crippen LogP contribution in [0.2, 0.25) is 0 Å². The van der Waals surface area contributed by atoms with Gasteiger partial charge < -0.3 is 29.7 Å². The summed E-state index contributed by atoms with van der Waals surface area (Å²) < 4.78 is 8.26. The van der Waals surface area contributed by atoms with Crippen LogP contribution in [0.25, 0.3) is 22.2 Å². The van der Waals surface area contributed by atoms with Gasteiger partial charge in [-0.25, -0.2) is 9.97 Å². The molecule has 4 aromatic rings. The molecule has 1 saturated carbocycles. The van der Waals surface area contributed by atoms with Crippen molar-refractivity contribution in [1.82, 2.24) is 19.4 Å². The Hall–Kier alpha value is -4.37. The minimum atomic E-state index is -0.281. The second-order valence-corrected chi connectivity index (χ2v) is 13.0. The van der Waals surface area contributed by atoms with Crippen LogP contribution in [0.15, 0.2) is 55.4 Å². The van der Waals surface area contributed by atoms with Crippen LogP contribution in [0.5, 0.6) is 5.75 Å². The molecule has 46 heavy (non-hydrogen) atoms. The molecule has 1 amide bonds. The highest BCUT2D eigenvalue weighted by atomic mass is 16.5. The summed E-state index contributed by atoms with van der Waals surface area (Å²) in [6.07, 6.45) is 15.3. The number of para-hydroxylation sites is 1. The van der Waals surface area contributed by atoms with Crippen LogP contribution in [0, 0.1) is 5.92 Å². The van der Waals surface area contributed by atoms with Crippen molar-refractivity contribution in [2.24, 2.45) is 5.92 Å². The average Bonchev–Trinajstić information content (AvgIpc) is 3.72. The minimum absolute atomic E-state index is 0.281. The lowest BCUT2D eigenvalue weighted by molar-refractivity contribution is -0.111. The Balaban J connectivity index is 1.39. The monoisotopic (exact) mass is 621 g/mol. The van der Waals surface area contributed by atoms with Crippen molar-refractivity contribution < 1.29 is 9.53 Å². The van der Waals surface area contributed by atoms with Gasteiger partial charge in [-0.15, -0.1) is 0 Å². The largest absolute Gasteiger partial charge is 0.494 e. The van der Waals surface area contributed by atoms with Gasteiger partial charge in [0, 0.05) is 56.1 Å². The highest BCUT2D eigenvalue weighted by Crippen LogP contribution is 2.40. The highest BCUT2D eigenvalue weighted by Gasteiger charge is 2.23. The summed E-state index contributed by atoms with van der Waals surface area (Å²) in [6.45, 7) is 6.29. The molecule has 0 bridgehead atoms. The molecular formula is C37H47N7O2. The Labute approximate surface area is 272 Å². The SMILES string of the molecule is C=CC(=O)Nc1cc(Nc2ncc(CCC3CCCC3)c(-c3cn4c5c(cccc35)CCC4)n2)c(OC)cc1N(C)CCN(C)C. The number of nitrogens with zero attached hydrogens (tertiary/aromatic N) is 5. The molecule has 0 saturated heterocycles. The molecule has 0 unspecified atom stereocenters. The number of methoxy groups -OCH3 is 1. The number of carbonyl (C=O) groups is 1. The molecule has 2 aliphatic rings. The van der Waals surface area contributed by atoms with E-state index in [-0.39, 0.29) is 5.91 Å². The number of carbonyl (C=O) groups excluding carboxylic acids is 1. The number of rotatable bonds is 13. The summed E-state index contributed by atoms with van der Waals surface area (Å²) in [5.74, 6) is 1.62. The molecule has 0 atom stereocenters. The van der Waals surface area contributed by atoms with Crippen LogP contribution in [-0.2, 0) is 24.2 Å². The van der Waals surface area contributed by atoms with E-state index in [0.29, 0.717) is 23.1 Å². The predicted octanol–water partition coefficient (Wildman–Crippen LogP) is 7.04. The standard InChI is InChI=1S/C37H47N7O2/c1-6-34(45)39-30-21-31(33(46-5)22-32(30)43(4)20-19-42(2)3)40-37-38-23-27(17-16-25-11-7-8-12-25)35(41-37)29-24-44-18-10-14-26-13-9-15-28(29)36(26)44/h6,9,13,15,21-25H,1,7-8,10-12,14,16-20H2,2-5H3,(H,39,45)(H,38,40,41). The molecule has 0 radical (unpaired) electrons. The van der Waals surface area contributed by atoms with Gasteiger partial charge >= 0.3 is 0 Å². The number of nitrogens with one attached hydrogen (secondary N) is 2. The summed E-state index contributed by atoms with van der Waals surface area (Å²) in [7, 11) is 7.74. The first-order valence-electron chi connectivity index (χ1n) is 16.6. The number of aryl methyl sites for hydroxylation is 3. The van der Waals surface area contributed by atoms with Gasteiger partial charge in [0.05, 0.1) is 35.4 Å². The maximum atomic E-state index is 12.5. The molecule has 9 heteroatoms. The van der Waals surface area contributed by atoms with E-state index in [1.807, 2.05) is 39.5 Å². The molecule has 6 rings (SSSR count). The van der Waals surface area contributed by atoms with Crippen molar-refractivity contribution in [2.45, 2.75) is 57.9 Å². The number of anilines is 4. The maximum Gasteiger partial charge on any atom is 0.247 e. The Bertz CT molecular complexity index is 1720. The van der Waals surface area contributed by atoms with Crippen LogP contribution >= 0.6 is 0 Å². The molecule has 1 aliphatic carbocycles. The average molecular weight is 622 g/mol. The van der Waals surface area contributed by atoms with Crippen molar-refractivity contribution in [2.75, 3.05) is 56.9 Å². The van der Waals surface area contributed by atoms with Crippen molar-refractivity contribution in [3.05, 3.63) is 66.5 Å². The molecule has 0 spiro atoms. The van der Waals surface area contributed by atoms with Crippen LogP contribution in [-0.4, -0.2) is 66.7 Å². The summed E-state index contributed by atoms with van der Waals surface area (Å²) in [4.78, 5) is 26.7. The van der Waals surface area contributed by atoms with E-state index in [9.17, 15) is 4.79 Å². The molecule has 3 heterocycles. The lowest BCUT2D eigenvalue weighted by Gasteiger charge is -2.26. The fourth-order valence-corrected chi connectivity index (χ4v) is 7.01. The van der Waals surface area contributed by atoms with E-state index >= 15 is 0 Å². The highest BCUT2D eigenvalue weighted by molar-refractivity contribution is 6.02. The topological polar surface area (TPSA) is 87.5 Å². The number of likely N-dealkylation sites (N-methyl/N-ethyl adjacent to an activating group) is 2. The molecule has 2 N–H and O–H groups in total. The molecule has 2 aromatic carbocycles. The van der Waals surface area contributed by atoms with Gasteiger partial charge in [0.1, 0.15) is 5.75 Å². The Kier molecular flexibility index (Phi) is 9.59. The Morgan fingerprint density at radius 2 is 1.96 bits per heavy atom. The van der Waals surface area contributed by atoms with Crippen molar-refractivity contribution in [3.63, 3.8) is 0 Å². The summed E-state index contributed by atoms with van der Waals surface area (Å²) in [5, 5.41) is 7.68. The van der Waals surface area contributed by atoms with E-state index in [1.54, 1.807) is 7.11 Å². The summed E-state index contributed by atoms with van der Waals surface area (Å²) in [6, 6.07) is 10.5. The van der Waals surface area contributed by atoms with Crippen molar-refractivity contribution >= 4 is 39.8 Å². The van der Waals surface area contributed by atoms with Crippen molar-refractivity contribution in [3.8, 4) is 17.0 Å². The van der Waals surface area contributed by atoms with E-state index in [4.69, 9.17) is 14.7 Å². The zero-order valence-corrected chi connectivity index (χ0v) is 27.7. The van der Waals surface area contributed by atoms with Gasteiger partial charge in [-0.05, 0) is 69.0 Å². The van der Waals surface area contributed by atoms with Crippen LogP contribution < -0.4 is 20.3 Å². The second-order valence-electron chi connectivity index (χ2n) is 13.0. The zero-order valence-electron chi connectivity index (χ0n) is 27.7. The minimum Gasteiger partial charge on any atom is -0.494 e. The lowest BCUT2D eigenvalue weighted by Crippen LogP contribution is -2.29. The number of benzene rings is 2. The first-order chi connectivity index (χ1) is 22.3. The normalized spacial score (nSPS) is 14.5. The third kappa shape index (κ3) is 6.75. The fourth-order valence-electron chi connectivity index (χ4n) is 7.01. The van der Waals surface area contributed by atoms with Crippen molar-refractivity contribution in [1.29, 1.82) is 0 Å². The first kappa shape index (κ1) is 31.6. The number of ether oxygens (including phenoxy) is 1. The molecular weight excluding hydrogens is 574 g/mol. The number of hydrogen-bond donors (Lipinski definition) is 2. The van der Waals surface area contributed by atoms with Gasteiger partial charge in [-0.1, -0.05) is 50.5 Å². The maximum absolute atomic E-state index is 12.5. The van der Waals surface area contributed by atoms with Gasteiger partial charge in [0.2, 0.25) is 11.9 Å². The lowest BCUT2D eigenvalue weighted by atomic mass is 9.95. The van der Waals surface area contributed by atoms with E-state index in [1.165, 1.54) is 53.8 Å². The Morgan fingerprint density at radius 3 is 2.72 bits per heavy atom. The van der Waals surface area contributed by atoms with Crippen LogP contribution in [0.1, 0.15) is 49.7 Å². The molecule has 242 valence electrons. The second kappa shape index (κ2) is 14.0. The van der Waals surface area contributed by atoms with E-state index in [0.717, 1.165) is 68.2 Å². The Morgan fingerprint density at radius 1 is 1.13 bits per heavy atom. The van der Waals surface area contributed by atoms with Crippen LogP contribution in [0.4, 0.5) is 23.0 Å². The van der Waals surface area contributed by atoms with E-state index in [2.05, 4.69) is 56.0 Å². The van der Waals surface area contributed by atoms with Gasteiger partial charge in [-0.3, -0.25) is 4.79 Å². The number of aromatic nitrogens is 3.